The van der Waals surface area contributed by atoms with Crippen molar-refractivity contribution in [2.45, 2.75) is 6.42 Å². The zero-order chi connectivity index (χ0) is 20.8. The number of pyridine rings is 1. The molecule has 0 aliphatic rings. The van der Waals surface area contributed by atoms with Crippen molar-refractivity contribution < 1.29 is 13.9 Å². The van der Waals surface area contributed by atoms with Gasteiger partial charge in [-0.15, -0.1) is 0 Å². The van der Waals surface area contributed by atoms with Crippen LogP contribution in [0.3, 0.4) is 0 Å². The van der Waals surface area contributed by atoms with Gasteiger partial charge in [-0.3, -0.25) is 4.79 Å². The van der Waals surface area contributed by atoms with Crippen molar-refractivity contribution in [3.05, 3.63) is 96.3 Å². The van der Waals surface area contributed by atoms with Gasteiger partial charge in [-0.2, -0.15) is 0 Å². The van der Waals surface area contributed by atoms with E-state index in [1.807, 2.05) is 60.7 Å². The molecular weight excluding hydrogens is 379 g/mol. The second-order valence-corrected chi connectivity index (χ2v) is 6.91. The standard InChI is InChI=1S/C25H21FN2O2/c26-20-11-12-22-21(15-20)24(16-23(28-22)19-9-5-2-6-10-19)30-17-25(29)27-14-13-18-7-3-1-4-8-18/h1-12,15-16H,13-14,17H2,(H,27,29). The van der Waals surface area contributed by atoms with Crippen molar-refractivity contribution in [1.82, 2.24) is 10.3 Å². The van der Waals surface area contributed by atoms with Crippen LogP contribution in [0.5, 0.6) is 5.75 Å². The highest BCUT2D eigenvalue weighted by Gasteiger charge is 2.11. The van der Waals surface area contributed by atoms with Gasteiger partial charge in [-0.25, -0.2) is 9.37 Å². The highest BCUT2D eigenvalue weighted by atomic mass is 19.1. The van der Waals surface area contributed by atoms with Gasteiger partial charge in [0.2, 0.25) is 0 Å². The molecule has 0 bridgehead atoms. The number of halogens is 1. The Morgan fingerprint density at radius 1 is 0.933 bits per heavy atom. The summed E-state index contributed by atoms with van der Waals surface area (Å²) in [4.78, 5) is 16.8. The summed E-state index contributed by atoms with van der Waals surface area (Å²) < 4.78 is 19.6. The van der Waals surface area contributed by atoms with Gasteiger partial charge in [0, 0.05) is 23.6 Å². The third kappa shape index (κ3) is 4.81. The van der Waals surface area contributed by atoms with Crippen LogP contribution >= 0.6 is 0 Å². The first-order valence-electron chi connectivity index (χ1n) is 9.78. The van der Waals surface area contributed by atoms with Gasteiger partial charge in [0.15, 0.2) is 6.61 Å². The Bertz CT molecular complexity index is 1150. The fourth-order valence-corrected chi connectivity index (χ4v) is 3.23. The third-order valence-corrected chi connectivity index (χ3v) is 4.74. The number of nitrogens with one attached hydrogen (secondary N) is 1. The fraction of sp³-hybridized carbons (Fsp3) is 0.120. The van der Waals surface area contributed by atoms with Crippen molar-refractivity contribution in [1.29, 1.82) is 0 Å². The van der Waals surface area contributed by atoms with E-state index in [0.717, 1.165) is 17.5 Å². The van der Waals surface area contributed by atoms with Crippen LogP contribution in [0.15, 0.2) is 84.9 Å². The molecule has 1 aromatic heterocycles. The second-order valence-electron chi connectivity index (χ2n) is 6.91. The maximum Gasteiger partial charge on any atom is 0.257 e. The highest BCUT2D eigenvalue weighted by molar-refractivity contribution is 5.88. The van der Waals surface area contributed by atoms with E-state index in [-0.39, 0.29) is 18.3 Å². The second kappa shape index (κ2) is 9.18. The number of hydrogen-bond donors (Lipinski definition) is 1. The Balaban J connectivity index is 1.48. The maximum absolute atomic E-state index is 13.8. The molecule has 4 aromatic rings. The summed E-state index contributed by atoms with van der Waals surface area (Å²) in [7, 11) is 0. The third-order valence-electron chi connectivity index (χ3n) is 4.74. The topological polar surface area (TPSA) is 51.2 Å². The summed E-state index contributed by atoms with van der Waals surface area (Å²) in [5, 5.41) is 3.39. The van der Waals surface area contributed by atoms with Crippen LogP contribution < -0.4 is 10.1 Å². The van der Waals surface area contributed by atoms with E-state index in [4.69, 9.17) is 4.74 Å². The van der Waals surface area contributed by atoms with Crippen LogP contribution in [0.1, 0.15) is 5.56 Å². The molecule has 0 spiro atoms. The van der Waals surface area contributed by atoms with Crippen LogP contribution in [0, 0.1) is 5.82 Å². The minimum atomic E-state index is -0.381. The Morgan fingerprint density at radius 2 is 1.67 bits per heavy atom. The van der Waals surface area contributed by atoms with Crippen molar-refractivity contribution >= 4 is 16.8 Å². The predicted molar refractivity (Wildman–Crippen MR) is 116 cm³/mol. The first-order chi connectivity index (χ1) is 14.7. The Morgan fingerprint density at radius 3 is 2.43 bits per heavy atom. The number of carbonyl (C=O) groups is 1. The summed E-state index contributed by atoms with van der Waals surface area (Å²) in [6.45, 7) is 0.367. The SMILES string of the molecule is O=C(COc1cc(-c2ccccc2)nc2ccc(F)cc12)NCCc1ccccc1. The molecule has 5 heteroatoms. The molecule has 0 fully saturated rings. The molecule has 0 saturated carbocycles. The Kier molecular flexibility index (Phi) is 5.99. The van der Waals surface area contributed by atoms with E-state index in [9.17, 15) is 9.18 Å². The monoisotopic (exact) mass is 400 g/mol. The summed E-state index contributed by atoms with van der Waals surface area (Å²) in [5.74, 6) is -0.181. The van der Waals surface area contributed by atoms with Crippen LogP contribution in [0.4, 0.5) is 4.39 Å². The molecule has 0 atom stereocenters. The van der Waals surface area contributed by atoms with E-state index in [2.05, 4.69) is 10.3 Å². The van der Waals surface area contributed by atoms with Gasteiger partial charge in [0.1, 0.15) is 11.6 Å². The largest absolute Gasteiger partial charge is 0.483 e. The predicted octanol–water partition coefficient (Wildman–Crippen LogP) is 4.78. The molecule has 30 heavy (non-hydrogen) atoms. The lowest BCUT2D eigenvalue weighted by Crippen LogP contribution is -2.30. The Hall–Kier alpha value is -3.73. The summed E-state index contributed by atoms with van der Waals surface area (Å²) in [5.41, 5.74) is 3.38. The maximum atomic E-state index is 13.8. The van der Waals surface area contributed by atoms with Gasteiger partial charge in [0.05, 0.1) is 11.2 Å². The number of hydrogen-bond acceptors (Lipinski definition) is 3. The molecule has 0 aliphatic heterocycles. The number of carbonyl (C=O) groups excluding carboxylic acids is 1. The van der Waals surface area contributed by atoms with E-state index >= 15 is 0 Å². The van der Waals surface area contributed by atoms with Crippen LogP contribution in [0.25, 0.3) is 22.2 Å². The minimum Gasteiger partial charge on any atom is -0.483 e. The molecule has 1 N–H and O–H groups in total. The Labute approximate surface area is 174 Å². The minimum absolute atomic E-state index is 0.154. The number of nitrogens with zero attached hydrogens (tertiary/aromatic N) is 1. The van der Waals surface area contributed by atoms with Crippen molar-refractivity contribution in [3.8, 4) is 17.0 Å². The van der Waals surface area contributed by atoms with Crippen molar-refractivity contribution in [3.63, 3.8) is 0 Å². The van der Waals surface area contributed by atoms with Crippen LogP contribution in [-0.4, -0.2) is 24.0 Å². The van der Waals surface area contributed by atoms with Crippen LogP contribution in [0.2, 0.25) is 0 Å². The van der Waals surface area contributed by atoms with E-state index in [0.29, 0.717) is 28.9 Å². The van der Waals surface area contributed by atoms with E-state index in [1.165, 1.54) is 12.1 Å². The fourth-order valence-electron chi connectivity index (χ4n) is 3.23. The van der Waals surface area contributed by atoms with Gasteiger partial charge >= 0.3 is 0 Å². The number of rotatable bonds is 7. The highest BCUT2D eigenvalue weighted by Crippen LogP contribution is 2.30. The molecule has 4 rings (SSSR count). The molecule has 0 radical (unpaired) electrons. The molecule has 3 aromatic carbocycles. The average molecular weight is 400 g/mol. The summed E-state index contributed by atoms with van der Waals surface area (Å²) in [6.07, 6.45) is 0.744. The first-order valence-corrected chi connectivity index (χ1v) is 9.78. The number of aromatic nitrogens is 1. The molecular formula is C25H21FN2O2. The normalized spacial score (nSPS) is 10.7. The van der Waals surface area contributed by atoms with Gasteiger partial charge in [-0.1, -0.05) is 60.7 Å². The number of amides is 1. The molecule has 0 unspecified atom stereocenters. The van der Waals surface area contributed by atoms with Gasteiger partial charge in [-0.05, 0) is 30.2 Å². The molecule has 0 aliphatic carbocycles. The molecule has 0 saturated heterocycles. The summed E-state index contributed by atoms with van der Waals surface area (Å²) in [6, 6.07) is 25.7. The zero-order valence-corrected chi connectivity index (χ0v) is 16.3. The quantitative estimate of drug-likeness (QED) is 0.486. The molecule has 150 valence electrons. The average Bonchev–Trinajstić information content (AvgIpc) is 2.79. The lowest BCUT2D eigenvalue weighted by Gasteiger charge is -2.12. The van der Waals surface area contributed by atoms with Crippen LogP contribution in [-0.2, 0) is 11.2 Å². The smallest absolute Gasteiger partial charge is 0.257 e. The zero-order valence-electron chi connectivity index (χ0n) is 16.3. The lowest BCUT2D eigenvalue weighted by atomic mass is 10.1. The number of ether oxygens (including phenoxy) is 1. The number of benzene rings is 3. The summed E-state index contributed by atoms with van der Waals surface area (Å²) >= 11 is 0. The van der Waals surface area contributed by atoms with Crippen molar-refractivity contribution in [2.24, 2.45) is 0 Å². The van der Waals surface area contributed by atoms with E-state index in [1.54, 1.807) is 12.1 Å². The lowest BCUT2D eigenvalue weighted by molar-refractivity contribution is -0.123. The van der Waals surface area contributed by atoms with E-state index < -0.39 is 0 Å². The van der Waals surface area contributed by atoms with Gasteiger partial charge in [0.25, 0.3) is 5.91 Å². The molecule has 1 heterocycles. The number of fused-ring (bicyclic) bond motifs is 1. The van der Waals surface area contributed by atoms with Crippen molar-refractivity contribution in [2.75, 3.05) is 13.2 Å². The first kappa shape index (κ1) is 19.6. The molecule has 4 nitrogen and oxygen atoms in total. The molecule has 1 amide bonds. The van der Waals surface area contributed by atoms with Gasteiger partial charge < -0.3 is 10.1 Å².